The second kappa shape index (κ2) is 6.48. The van der Waals surface area contributed by atoms with Gasteiger partial charge in [-0.05, 0) is 19.1 Å². The van der Waals surface area contributed by atoms with Gasteiger partial charge in [-0.1, -0.05) is 23.4 Å². The van der Waals surface area contributed by atoms with E-state index in [1.807, 2.05) is 30.3 Å². The standard InChI is InChI=1S/C17H17N5O3/c1-12-9-15(25-20-12)17(23)21-7-8-24-10-14(21)16-18-11-19-22(16)13-5-3-2-4-6-13/h2-6,9,11,14H,7-8,10H2,1H3. The SMILES string of the molecule is Cc1cc(C(=O)N2CCOCC2c2ncnn2-c2ccccc2)on1. The molecule has 1 unspecified atom stereocenters. The van der Waals surface area contributed by atoms with Crippen LogP contribution in [0.3, 0.4) is 0 Å². The van der Waals surface area contributed by atoms with E-state index in [2.05, 4.69) is 15.2 Å². The number of rotatable bonds is 3. The van der Waals surface area contributed by atoms with Crippen molar-refractivity contribution < 1.29 is 14.1 Å². The molecule has 3 heterocycles. The van der Waals surface area contributed by atoms with Crippen molar-refractivity contribution in [2.75, 3.05) is 19.8 Å². The Hall–Kier alpha value is -3.00. The van der Waals surface area contributed by atoms with E-state index in [4.69, 9.17) is 9.26 Å². The number of nitrogens with zero attached hydrogens (tertiary/aromatic N) is 5. The molecule has 8 heteroatoms. The van der Waals surface area contributed by atoms with Crippen LogP contribution < -0.4 is 0 Å². The first kappa shape index (κ1) is 15.5. The van der Waals surface area contributed by atoms with Gasteiger partial charge in [-0.2, -0.15) is 5.10 Å². The zero-order valence-electron chi connectivity index (χ0n) is 13.7. The molecule has 8 nitrogen and oxygen atoms in total. The summed E-state index contributed by atoms with van der Waals surface area (Å²) in [6.07, 6.45) is 1.48. The van der Waals surface area contributed by atoms with Gasteiger partial charge in [0.2, 0.25) is 5.76 Å². The van der Waals surface area contributed by atoms with Crippen LogP contribution in [0, 0.1) is 6.92 Å². The van der Waals surface area contributed by atoms with Crippen molar-refractivity contribution in [2.24, 2.45) is 0 Å². The van der Waals surface area contributed by atoms with Crippen LogP contribution in [0.2, 0.25) is 0 Å². The minimum atomic E-state index is -0.352. The average molecular weight is 339 g/mol. The highest BCUT2D eigenvalue weighted by molar-refractivity contribution is 5.91. The molecule has 3 aromatic rings. The molecule has 1 aliphatic heterocycles. The Bertz CT molecular complexity index is 873. The number of aryl methyl sites for hydroxylation is 1. The van der Waals surface area contributed by atoms with E-state index in [-0.39, 0.29) is 17.7 Å². The highest BCUT2D eigenvalue weighted by atomic mass is 16.5. The second-order valence-electron chi connectivity index (χ2n) is 5.79. The van der Waals surface area contributed by atoms with Crippen molar-refractivity contribution in [2.45, 2.75) is 13.0 Å². The molecule has 4 rings (SSSR count). The van der Waals surface area contributed by atoms with Gasteiger partial charge in [0.05, 0.1) is 24.6 Å². The molecule has 1 fully saturated rings. The molecule has 1 saturated heterocycles. The van der Waals surface area contributed by atoms with Crippen LogP contribution >= 0.6 is 0 Å². The van der Waals surface area contributed by atoms with E-state index in [1.165, 1.54) is 6.33 Å². The predicted molar refractivity (Wildman–Crippen MR) is 87.2 cm³/mol. The third-order valence-electron chi connectivity index (χ3n) is 4.10. The van der Waals surface area contributed by atoms with Crippen LogP contribution in [-0.2, 0) is 4.74 Å². The van der Waals surface area contributed by atoms with Gasteiger partial charge >= 0.3 is 0 Å². The van der Waals surface area contributed by atoms with Gasteiger partial charge in [-0.25, -0.2) is 9.67 Å². The number of morpholine rings is 1. The highest BCUT2D eigenvalue weighted by Crippen LogP contribution is 2.26. The van der Waals surface area contributed by atoms with Crippen molar-refractivity contribution in [3.8, 4) is 5.69 Å². The summed E-state index contributed by atoms with van der Waals surface area (Å²) in [5.41, 5.74) is 1.55. The molecule has 0 spiro atoms. The molecule has 0 saturated carbocycles. The van der Waals surface area contributed by atoms with Gasteiger partial charge in [0.1, 0.15) is 12.4 Å². The van der Waals surface area contributed by atoms with Crippen LogP contribution in [0.4, 0.5) is 0 Å². The number of amides is 1. The fraction of sp³-hybridized carbons (Fsp3) is 0.294. The summed E-state index contributed by atoms with van der Waals surface area (Å²) in [4.78, 5) is 18.9. The van der Waals surface area contributed by atoms with E-state index in [1.54, 1.807) is 22.6 Å². The lowest BCUT2D eigenvalue weighted by molar-refractivity contribution is -0.00769. The molecule has 25 heavy (non-hydrogen) atoms. The third-order valence-corrected chi connectivity index (χ3v) is 4.10. The third kappa shape index (κ3) is 2.91. The lowest BCUT2D eigenvalue weighted by Crippen LogP contribution is -2.44. The van der Waals surface area contributed by atoms with Gasteiger partial charge in [-0.15, -0.1) is 0 Å². The van der Waals surface area contributed by atoms with Gasteiger partial charge < -0.3 is 14.2 Å². The number of carbonyl (C=O) groups is 1. The molecule has 128 valence electrons. The number of hydrogen-bond donors (Lipinski definition) is 0. The average Bonchev–Trinajstić information content (AvgIpc) is 3.31. The van der Waals surface area contributed by atoms with E-state index < -0.39 is 0 Å². The largest absolute Gasteiger partial charge is 0.377 e. The molecule has 0 radical (unpaired) electrons. The lowest BCUT2D eigenvalue weighted by atomic mass is 10.2. The van der Waals surface area contributed by atoms with Gasteiger partial charge in [-0.3, -0.25) is 4.79 Å². The summed E-state index contributed by atoms with van der Waals surface area (Å²) in [7, 11) is 0. The monoisotopic (exact) mass is 339 g/mol. The Balaban J connectivity index is 1.69. The predicted octanol–water partition coefficient (Wildman–Crippen LogP) is 1.78. The minimum Gasteiger partial charge on any atom is -0.377 e. The fourth-order valence-corrected chi connectivity index (χ4v) is 2.91. The van der Waals surface area contributed by atoms with E-state index in [0.29, 0.717) is 31.3 Å². The van der Waals surface area contributed by atoms with E-state index >= 15 is 0 Å². The molecule has 1 atom stereocenters. The second-order valence-corrected chi connectivity index (χ2v) is 5.79. The lowest BCUT2D eigenvalue weighted by Gasteiger charge is -2.34. The Labute approximate surface area is 144 Å². The Morgan fingerprint density at radius 1 is 1.28 bits per heavy atom. The molecule has 0 bridgehead atoms. The smallest absolute Gasteiger partial charge is 0.293 e. The fourth-order valence-electron chi connectivity index (χ4n) is 2.91. The summed E-state index contributed by atoms with van der Waals surface area (Å²) in [5.74, 6) is 0.641. The molecule has 1 amide bonds. The topological polar surface area (TPSA) is 86.3 Å². The van der Waals surface area contributed by atoms with Crippen LogP contribution in [0.25, 0.3) is 5.69 Å². The zero-order valence-corrected chi connectivity index (χ0v) is 13.7. The molecule has 1 aromatic carbocycles. The molecule has 2 aromatic heterocycles. The van der Waals surface area contributed by atoms with Crippen molar-refractivity contribution in [1.29, 1.82) is 0 Å². The van der Waals surface area contributed by atoms with Crippen LogP contribution in [-0.4, -0.2) is 50.5 Å². The minimum absolute atomic E-state index is 0.218. The van der Waals surface area contributed by atoms with Gasteiger partial charge in [0.25, 0.3) is 5.91 Å². The normalized spacial score (nSPS) is 17.6. The number of aromatic nitrogens is 4. The maximum atomic E-state index is 12.8. The molecule has 1 aliphatic rings. The first-order valence-corrected chi connectivity index (χ1v) is 8.01. The number of benzene rings is 1. The molecule has 0 N–H and O–H groups in total. The maximum Gasteiger partial charge on any atom is 0.293 e. The maximum absolute atomic E-state index is 12.8. The molecular formula is C17H17N5O3. The number of ether oxygens (including phenoxy) is 1. The van der Waals surface area contributed by atoms with Gasteiger partial charge in [0, 0.05) is 12.6 Å². The quantitative estimate of drug-likeness (QED) is 0.723. The summed E-state index contributed by atoms with van der Waals surface area (Å²) >= 11 is 0. The number of carbonyl (C=O) groups excluding carboxylic acids is 1. The highest BCUT2D eigenvalue weighted by Gasteiger charge is 2.34. The first-order chi connectivity index (χ1) is 12.2. The Morgan fingerprint density at radius 3 is 2.88 bits per heavy atom. The van der Waals surface area contributed by atoms with Crippen LogP contribution in [0.5, 0.6) is 0 Å². The number of hydrogen-bond acceptors (Lipinski definition) is 6. The summed E-state index contributed by atoms with van der Waals surface area (Å²) in [5, 5.41) is 8.11. The van der Waals surface area contributed by atoms with Gasteiger partial charge in [0.15, 0.2) is 5.82 Å². The van der Waals surface area contributed by atoms with Crippen LogP contribution in [0.1, 0.15) is 28.1 Å². The Morgan fingerprint density at radius 2 is 2.12 bits per heavy atom. The molecular weight excluding hydrogens is 322 g/mol. The van der Waals surface area contributed by atoms with E-state index in [9.17, 15) is 4.79 Å². The summed E-state index contributed by atoms with van der Waals surface area (Å²) < 4.78 is 12.5. The van der Waals surface area contributed by atoms with E-state index in [0.717, 1.165) is 5.69 Å². The van der Waals surface area contributed by atoms with Crippen molar-refractivity contribution >= 4 is 5.91 Å². The summed E-state index contributed by atoms with van der Waals surface area (Å²) in [6.45, 7) is 3.05. The van der Waals surface area contributed by atoms with Crippen molar-refractivity contribution in [3.05, 3.63) is 60.0 Å². The molecule has 0 aliphatic carbocycles. The first-order valence-electron chi connectivity index (χ1n) is 8.01. The summed E-state index contributed by atoms with van der Waals surface area (Å²) in [6, 6.07) is 11.0. The van der Waals surface area contributed by atoms with Crippen molar-refractivity contribution in [1.82, 2.24) is 24.8 Å². The number of para-hydroxylation sites is 1. The van der Waals surface area contributed by atoms with Crippen LogP contribution in [0.15, 0.2) is 47.2 Å². The van der Waals surface area contributed by atoms with Crippen molar-refractivity contribution in [3.63, 3.8) is 0 Å². The Kier molecular flexibility index (Phi) is 4.02. The zero-order chi connectivity index (χ0) is 17.2.